The number of aryl methyl sites for hydroxylation is 1. The van der Waals surface area contributed by atoms with Gasteiger partial charge in [0.05, 0.1) is 5.02 Å². The zero-order valence-corrected chi connectivity index (χ0v) is 15.9. The smallest absolute Gasteiger partial charge is 0.281 e. The molecule has 1 heterocycles. The maximum absolute atomic E-state index is 12.9. The molecule has 0 saturated heterocycles. The summed E-state index contributed by atoms with van der Waals surface area (Å²) in [4.78, 5) is 12.9. The van der Waals surface area contributed by atoms with Crippen LogP contribution in [0.25, 0.3) is 0 Å². The van der Waals surface area contributed by atoms with E-state index >= 15 is 0 Å². The van der Waals surface area contributed by atoms with Gasteiger partial charge in [-0.05, 0) is 31.0 Å². The molecule has 28 heavy (non-hydrogen) atoms. The molecule has 140 valence electrons. The minimum absolute atomic E-state index is 0.000713. The third kappa shape index (κ3) is 3.95. The van der Waals surface area contributed by atoms with Crippen molar-refractivity contribution < 1.29 is 5.11 Å². The highest BCUT2D eigenvalue weighted by molar-refractivity contribution is 6.32. The van der Waals surface area contributed by atoms with Crippen LogP contribution in [0.1, 0.15) is 16.7 Å². The summed E-state index contributed by atoms with van der Waals surface area (Å²) in [7, 11) is 0. The minimum atomic E-state index is -0.513. The first kappa shape index (κ1) is 19.3. The Bertz CT molecular complexity index is 1130. The monoisotopic (exact) mass is 392 g/mol. The molecule has 3 aromatic rings. The molecule has 0 atom stereocenters. The second kappa shape index (κ2) is 8.51. The highest BCUT2D eigenvalue weighted by atomic mass is 35.5. The minimum Gasteiger partial charge on any atom is -0.493 e. The maximum atomic E-state index is 12.9. The lowest BCUT2D eigenvalue weighted by Crippen LogP contribution is -2.22. The van der Waals surface area contributed by atoms with Crippen LogP contribution in [0.3, 0.4) is 0 Å². The molecule has 0 bridgehead atoms. The first-order valence-electron chi connectivity index (χ1n) is 8.59. The zero-order valence-electron chi connectivity index (χ0n) is 15.1. The number of nitrogens with zero attached hydrogens (tertiary/aromatic N) is 4. The Hall–Kier alpha value is -3.43. The van der Waals surface area contributed by atoms with Gasteiger partial charge >= 0.3 is 0 Å². The first-order valence-corrected chi connectivity index (χ1v) is 8.97. The Balaban J connectivity index is 2.04. The van der Waals surface area contributed by atoms with Crippen molar-refractivity contribution in [1.82, 2.24) is 4.57 Å². The van der Waals surface area contributed by atoms with Crippen molar-refractivity contribution in [2.75, 3.05) is 0 Å². The summed E-state index contributed by atoms with van der Waals surface area (Å²) in [5, 5.41) is 28.4. The Kier molecular flexibility index (Phi) is 5.87. The molecular weight excluding hydrogens is 376 g/mol. The van der Waals surface area contributed by atoms with Crippen LogP contribution in [0.5, 0.6) is 5.88 Å². The number of aromatic hydroxyl groups is 1. The van der Waals surface area contributed by atoms with Crippen LogP contribution in [-0.4, -0.2) is 9.67 Å². The van der Waals surface area contributed by atoms with Gasteiger partial charge in [0, 0.05) is 12.1 Å². The molecule has 0 radical (unpaired) electrons. The molecule has 1 N–H and O–H groups in total. The predicted molar refractivity (Wildman–Crippen MR) is 108 cm³/mol. The van der Waals surface area contributed by atoms with Crippen LogP contribution in [0.2, 0.25) is 5.02 Å². The van der Waals surface area contributed by atoms with E-state index in [1.54, 1.807) is 31.2 Å². The van der Waals surface area contributed by atoms with E-state index in [1.807, 2.05) is 36.4 Å². The molecule has 0 aliphatic rings. The van der Waals surface area contributed by atoms with E-state index in [1.165, 1.54) is 0 Å². The van der Waals surface area contributed by atoms with Crippen LogP contribution in [0, 0.1) is 18.3 Å². The zero-order chi connectivity index (χ0) is 20.1. The van der Waals surface area contributed by atoms with E-state index in [4.69, 9.17) is 11.6 Å². The molecule has 6 nitrogen and oxygen atoms in total. The highest BCUT2D eigenvalue weighted by Crippen LogP contribution is 2.29. The van der Waals surface area contributed by atoms with E-state index in [-0.39, 0.29) is 29.2 Å². The first-order chi connectivity index (χ1) is 13.5. The normalized spacial score (nSPS) is 10.9. The summed E-state index contributed by atoms with van der Waals surface area (Å²) < 4.78 is 1.15. The number of aromatic nitrogens is 1. The quantitative estimate of drug-likeness (QED) is 0.616. The standard InChI is InChI=1S/C21H17ClN4O2/c1-14-16(13-23)20(27)26(12-11-15-7-3-2-4-8-15)21(28)19(14)25-24-18-10-6-5-9-17(18)22/h2-10,27H,11-12H2,1H3. The van der Waals surface area contributed by atoms with Crippen molar-refractivity contribution in [2.24, 2.45) is 10.2 Å². The highest BCUT2D eigenvalue weighted by Gasteiger charge is 2.19. The number of hydrogen-bond donors (Lipinski definition) is 1. The summed E-state index contributed by atoms with van der Waals surface area (Å²) >= 11 is 6.07. The van der Waals surface area contributed by atoms with Gasteiger partial charge in [-0.3, -0.25) is 9.36 Å². The summed E-state index contributed by atoms with van der Waals surface area (Å²) in [6, 6.07) is 18.4. The number of hydrogen-bond acceptors (Lipinski definition) is 5. The molecule has 0 aliphatic carbocycles. The van der Waals surface area contributed by atoms with Crippen LogP contribution in [0.4, 0.5) is 11.4 Å². The summed E-state index contributed by atoms with van der Waals surface area (Å²) in [5.41, 5.74) is 1.18. The lowest BCUT2D eigenvalue weighted by Gasteiger charge is -2.13. The van der Waals surface area contributed by atoms with Crippen molar-refractivity contribution in [2.45, 2.75) is 19.9 Å². The molecule has 0 amide bonds. The second-order valence-corrected chi connectivity index (χ2v) is 6.54. The Morgan fingerprint density at radius 3 is 2.46 bits per heavy atom. The van der Waals surface area contributed by atoms with Gasteiger partial charge in [-0.15, -0.1) is 10.2 Å². The van der Waals surface area contributed by atoms with Gasteiger partial charge in [0.15, 0.2) is 5.69 Å². The molecule has 3 rings (SSSR count). The van der Waals surface area contributed by atoms with E-state index in [9.17, 15) is 15.2 Å². The number of rotatable bonds is 5. The van der Waals surface area contributed by atoms with Gasteiger partial charge in [-0.2, -0.15) is 5.26 Å². The second-order valence-electron chi connectivity index (χ2n) is 6.13. The van der Waals surface area contributed by atoms with Crippen molar-refractivity contribution >= 4 is 23.0 Å². The summed E-state index contributed by atoms with van der Waals surface area (Å²) in [5.74, 6) is -0.363. The molecule has 0 aliphatic heterocycles. The lowest BCUT2D eigenvalue weighted by atomic mass is 10.1. The number of azo groups is 1. The molecule has 7 heteroatoms. The van der Waals surface area contributed by atoms with Crippen molar-refractivity contribution in [1.29, 1.82) is 5.26 Å². The van der Waals surface area contributed by atoms with E-state index in [0.29, 0.717) is 17.1 Å². The van der Waals surface area contributed by atoms with Gasteiger partial charge in [0.2, 0.25) is 5.88 Å². The van der Waals surface area contributed by atoms with Gasteiger partial charge < -0.3 is 5.11 Å². The van der Waals surface area contributed by atoms with Crippen LogP contribution < -0.4 is 5.56 Å². The van der Waals surface area contributed by atoms with Crippen molar-refractivity contribution in [3.63, 3.8) is 0 Å². The number of benzene rings is 2. The van der Waals surface area contributed by atoms with Crippen molar-refractivity contribution in [3.05, 3.63) is 86.7 Å². The number of nitriles is 1. The average Bonchev–Trinajstić information content (AvgIpc) is 2.70. The van der Waals surface area contributed by atoms with Crippen LogP contribution >= 0.6 is 11.6 Å². The van der Waals surface area contributed by atoms with Gasteiger partial charge in [0.1, 0.15) is 17.3 Å². The third-order valence-electron chi connectivity index (χ3n) is 4.35. The van der Waals surface area contributed by atoms with Gasteiger partial charge in [-0.25, -0.2) is 0 Å². The fraction of sp³-hybridized carbons (Fsp3) is 0.143. The van der Waals surface area contributed by atoms with Gasteiger partial charge in [0.25, 0.3) is 5.56 Å². The number of halogens is 1. The third-order valence-corrected chi connectivity index (χ3v) is 4.67. The van der Waals surface area contributed by atoms with Crippen LogP contribution in [-0.2, 0) is 13.0 Å². The number of pyridine rings is 1. The Morgan fingerprint density at radius 2 is 1.79 bits per heavy atom. The molecule has 1 aromatic heterocycles. The Morgan fingerprint density at radius 1 is 1.11 bits per heavy atom. The summed E-state index contributed by atoms with van der Waals surface area (Å²) in [6.07, 6.45) is 0.517. The molecule has 0 unspecified atom stereocenters. The fourth-order valence-electron chi connectivity index (χ4n) is 2.79. The molecule has 0 spiro atoms. The van der Waals surface area contributed by atoms with Gasteiger partial charge in [-0.1, -0.05) is 54.1 Å². The maximum Gasteiger partial charge on any atom is 0.281 e. The topological polar surface area (TPSA) is 90.7 Å². The summed E-state index contributed by atoms with van der Waals surface area (Å²) in [6.45, 7) is 1.76. The Labute approximate surface area is 167 Å². The van der Waals surface area contributed by atoms with E-state index in [0.717, 1.165) is 10.1 Å². The lowest BCUT2D eigenvalue weighted by molar-refractivity contribution is 0.404. The molecular formula is C21H17ClN4O2. The SMILES string of the molecule is Cc1c(C#N)c(O)n(CCc2ccccc2)c(=O)c1N=Nc1ccccc1Cl. The van der Waals surface area contributed by atoms with E-state index < -0.39 is 5.56 Å². The molecule has 0 saturated carbocycles. The van der Waals surface area contributed by atoms with E-state index in [2.05, 4.69) is 10.2 Å². The largest absolute Gasteiger partial charge is 0.493 e. The molecule has 2 aromatic carbocycles. The average molecular weight is 393 g/mol. The molecule has 0 fully saturated rings. The van der Waals surface area contributed by atoms with Crippen LogP contribution in [0.15, 0.2) is 69.6 Å². The fourth-order valence-corrected chi connectivity index (χ4v) is 2.96. The van der Waals surface area contributed by atoms with Crippen molar-refractivity contribution in [3.8, 4) is 11.9 Å². The predicted octanol–water partition coefficient (Wildman–Crippen LogP) is 5.05.